The number of methoxy groups -OCH3 is 2. The molecule has 3 amide bonds. The van der Waals surface area contributed by atoms with Gasteiger partial charge in [-0.05, 0) is 74.4 Å². The van der Waals surface area contributed by atoms with E-state index in [4.69, 9.17) is 14.2 Å². The zero-order chi connectivity index (χ0) is 28.2. The molecule has 208 valence electrons. The summed E-state index contributed by atoms with van der Waals surface area (Å²) in [5, 5.41) is 2.86. The summed E-state index contributed by atoms with van der Waals surface area (Å²) in [5.41, 5.74) is 1.63. The minimum Gasteiger partial charge on any atom is -0.494 e. The molecule has 9 heteroatoms. The van der Waals surface area contributed by atoms with Gasteiger partial charge >= 0.3 is 6.03 Å². The fraction of sp³-hybridized carbons (Fsp3) is 0.333. The van der Waals surface area contributed by atoms with E-state index < -0.39 is 0 Å². The third kappa shape index (κ3) is 8.78. The van der Waals surface area contributed by atoms with Crippen molar-refractivity contribution in [2.75, 3.05) is 45.8 Å². The Kier molecular flexibility index (Phi) is 11.2. The summed E-state index contributed by atoms with van der Waals surface area (Å²) in [4.78, 5) is 32.2. The van der Waals surface area contributed by atoms with E-state index in [1.807, 2.05) is 44.2 Å². The summed E-state index contributed by atoms with van der Waals surface area (Å²) in [6.07, 6.45) is 2.23. The van der Waals surface area contributed by atoms with Crippen LogP contribution in [-0.4, -0.2) is 62.2 Å². The molecule has 0 radical (unpaired) electrons. The highest BCUT2D eigenvalue weighted by Gasteiger charge is 2.22. The molecule has 3 aromatic rings. The van der Waals surface area contributed by atoms with E-state index in [1.54, 1.807) is 60.8 Å². The van der Waals surface area contributed by atoms with E-state index in [0.29, 0.717) is 43.3 Å². The second kappa shape index (κ2) is 14.8. The van der Waals surface area contributed by atoms with Crippen LogP contribution in [0.25, 0.3) is 0 Å². The fourth-order valence-electron chi connectivity index (χ4n) is 3.99. The molecule has 0 atom stereocenters. The molecule has 39 heavy (non-hydrogen) atoms. The summed E-state index contributed by atoms with van der Waals surface area (Å²) in [6.45, 7) is 9.39. The quantitative estimate of drug-likeness (QED) is 0.258. The van der Waals surface area contributed by atoms with E-state index in [1.165, 1.54) is 9.78 Å². The maximum Gasteiger partial charge on any atom is 0.322 e. The lowest BCUT2D eigenvalue weighted by Gasteiger charge is -2.27. The van der Waals surface area contributed by atoms with Gasteiger partial charge in [0, 0.05) is 28.5 Å². The van der Waals surface area contributed by atoms with E-state index in [0.717, 1.165) is 16.2 Å². The van der Waals surface area contributed by atoms with Crippen LogP contribution in [0.4, 0.5) is 10.5 Å². The molecule has 0 aliphatic carbocycles. The Morgan fingerprint density at radius 2 is 1.74 bits per heavy atom. The first kappa shape index (κ1) is 29.6. The van der Waals surface area contributed by atoms with Crippen molar-refractivity contribution >= 4 is 29.0 Å². The van der Waals surface area contributed by atoms with E-state index in [-0.39, 0.29) is 25.0 Å². The first-order chi connectivity index (χ1) is 18.9. The Balaban J connectivity index is 1.72. The van der Waals surface area contributed by atoms with E-state index in [2.05, 4.69) is 11.9 Å². The molecule has 0 aliphatic heterocycles. The summed E-state index contributed by atoms with van der Waals surface area (Å²) < 4.78 is 16.2. The molecule has 0 saturated carbocycles. The normalized spacial score (nSPS) is 10.5. The third-order valence-electron chi connectivity index (χ3n) is 5.99. The van der Waals surface area contributed by atoms with Gasteiger partial charge in [0.2, 0.25) is 5.91 Å². The Morgan fingerprint density at radius 3 is 2.36 bits per heavy atom. The van der Waals surface area contributed by atoms with Crippen molar-refractivity contribution in [3.05, 3.63) is 82.6 Å². The second-order valence-electron chi connectivity index (χ2n) is 8.82. The molecular weight excluding hydrogens is 514 g/mol. The number of urea groups is 1. The van der Waals surface area contributed by atoms with Crippen LogP contribution in [0.3, 0.4) is 0 Å². The summed E-state index contributed by atoms with van der Waals surface area (Å²) in [6, 6.07) is 16.6. The van der Waals surface area contributed by atoms with Gasteiger partial charge in [0.15, 0.2) is 11.5 Å². The predicted octanol–water partition coefficient (Wildman–Crippen LogP) is 5.76. The van der Waals surface area contributed by atoms with Crippen LogP contribution in [-0.2, 0) is 17.8 Å². The number of carbonyl (C=O) groups is 2. The largest absolute Gasteiger partial charge is 0.494 e. The van der Waals surface area contributed by atoms with Crippen molar-refractivity contribution in [3.8, 4) is 17.2 Å². The van der Waals surface area contributed by atoms with Crippen LogP contribution >= 0.6 is 11.3 Å². The van der Waals surface area contributed by atoms with E-state index >= 15 is 0 Å². The summed E-state index contributed by atoms with van der Waals surface area (Å²) in [5.74, 6) is 1.87. The number of carbonyl (C=O) groups excluding carboxylic acids is 2. The van der Waals surface area contributed by atoms with Crippen molar-refractivity contribution in [3.63, 3.8) is 0 Å². The molecule has 1 heterocycles. The van der Waals surface area contributed by atoms with Crippen LogP contribution < -0.4 is 19.5 Å². The molecule has 2 aromatic carbocycles. The van der Waals surface area contributed by atoms with Gasteiger partial charge in [0.1, 0.15) is 12.3 Å². The van der Waals surface area contributed by atoms with Gasteiger partial charge in [-0.15, -0.1) is 17.9 Å². The van der Waals surface area contributed by atoms with Gasteiger partial charge in [0.25, 0.3) is 0 Å². The fourth-order valence-corrected chi connectivity index (χ4v) is 4.90. The zero-order valence-corrected chi connectivity index (χ0v) is 23.9. The molecule has 8 nitrogen and oxygen atoms in total. The Morgan fingerprint density at radius 1 is 1.00 bits per heavy atom. The molecule has 0 saturated heterocycles. The van der Waals surface area contributed by atoms with Gasteiger partial charge in [-0.2, -0.15) is 0 Å². The molecule has 0 bridgehead atoms. The van der Waals surface area contributed by atoms with Gasteiger partial charge in [-0.1, -0.05) is 12.1 Å². The molecule has 0 fully saturated rings. The monoisotopic (exact) mass is 551 g/mol. The van der Waals surface area contributed by atoms with Crippen LogP contribution in [0.1, 0.15) is 22.2 Å². The number of nitrogens with zero attached hydrogens (tertiary/aromatic N) is 2. The van der Waals surface area contributed by atoms with Crippen molar-refractivity contribution < 1.29 is 23.8 Å². The lowest BCUT2D eigenvalue weighted by molar-refractivity contribution is -0.132. The predicted molar refractivity (Wildman–Crippen MR) is 156 cm³/mol. The van der Waals surface area contributed by atoms with Crippen molar-refractivity contribution in [2.45, 2.75) is 26.8 Å². The minimum atomic E-state index is -0.376. The number of amides is 3. The Bertz CT molecular complexity index is 1240. The number of hydrogen-bond acceptors (Lipinski definition) is 6. The molecule has 0 spiro atoms. The maximum absolute atomic E-state index is 13.6. The van der Waals surface area contributed by atoms with Crippen molar-refractivity contribution in [1.82, 2.24) is 9.80 Å². The smallest absolute Gasteiger partial charge is 0.322 e. The summed E-state index contributed by atoms with van der Waals surface area (Å²) >= 11 is 1.66. The number of anilines is 1. The Labute approximate surface area is 234 Å². The van der Waals surface area contributed by atoms with Gasteiger partial charge < -0.3 is 29.3 Å². The molecule has 1 aromatic heterocycles. The second-order valence-corrected chi connectivity index (χ2v) is 10.2. The zero-order valence-electron chi connectivity index (χ0n) is 23.1. The van der Waals surface area contributed by atoms with Crippen LogP contribution in [0, 0.1) is 6.92 Å². The molecule has 1 N–H and O–H groups in total. The highest BCUT2D eigenvalue weighted by Crippen LogP contribution is 2.28. The molecule has 3 rings (SSSR count). The van der Waals surface area contributed by atoms with Crippen LogP contribution in [0.5, 0.6) is 17.2 Å². The molecule has 0 aliphatic rings. The first-order valence-corrected chi connectivity index (χ1v) is 13.6. The van der Waals surface area contributed by atoms with Crippen molar-refractivity contribution in [2.24, 2.45) is 0 Å². The van der Waals surface area contributed by atoms with Crippen LogP contribution in [0.15, 0.2) is 67.3 Å². The maximum atomic E-state index is 13.6. The number of nitrogens with one attached hydrogen (secondary N) is 1. The number of hydrogen-bond donors (Lipinski definition) is 1. The Hall–Kier alpha value is -3.98. The average Bonchev–Trinajstić information content (AvgIpc) is 3.36. The highest BCUT2D eigenvalue weighted by molar-refractivity contribution is 7.11. The number of thiophene rings is 1. The van der Waals surface area contributed by atoms with Crippen LogP contribution in [0.2, 0.25) is 0 Å². The topological polar surface area (TPSA) is 80.3 Å². The summed E-state index contributed by atoms with van der Waals surface area (Å²) in [7, 11) is 3.20. The standard InChI is InChI=1S/C30H37N3O5S/c1-6-17-33(30(35)31-24-10-12-25(13-11-24)38-7-2)21-29(34)32(20-26-14-8-22(3)39-26)18-16-23-9-15-27(36-4)28(19-23)37-5/h6,8-15,19H,1,7,16-18,20-21H2,2-5H3,(H,31,35). The first-order valence-electron chi connectivity index (χ1n) is 12.8. The van der Waals surface area contributed by atoms with Gasteiger partial charge in [-0.25, -0.2) is 4.79 Å². The third-order valence-corrected chi connectivity index (χ3v) is 6.98. The average molecular weight is 552 g/mol. The highest BCUT2D eigenvalue weighted by atomic mass is 32.1. The van der Waals surface area contributed by atoms with E-state index in [9.17, 15) is 9.59 Å². The lowest BCUT2D eigenvalue weighted by atomic mass is 10.1. The number of aryl methyl sites for hydroxylation is 1. The number of ether oxygens (including phenoxy) is 3. The van der Waals surface area contributed by atoms with Gasteiger partial charge in [-0.3, -0.25) is 4.79 Å². The minimum absolute atomic E-state index is 0.0782. The van der Waals surface area contributed by atoms with Crippen molar-refractivity contribution in [1.29, 1.82) is 0 Å². The van der Waals surface area contributed by atoms with Gasteiger partial charge in [0.05, 0.1) is 27.4 Å². The molecule has 0 unspecified atom stereocenters. The SMILES string of the molecule is C=CCN(CC(=O)N(CCc1ccc(OC)c(OC)c1)Cc1ccc(C)s1)C(=O)Nc1ccc(OCC)cc1. The lowest BCUT2D eigenvalue weighted by Crippen LogP contribution is -2.44. The molecular formula is C30H37N3O5S. The number of rotatable bonds is 14. The number of benzene rings is 2.